The van der Waals surface area contributed by atoms with Gasteiger partial charge in [-0.05, 0) is 23.8 Å². The third-order valence-electron chi connectivity index (χ3n) is 6.55. The molecule has 3 aliphatic rings. The van der Waals surface area contributed by atoms with Gasteiger partial charge >= 0.3 is 6.18 Å². The molecule has 15 heteroatoms. The Kier molecular flexibility index (Phi) is 6.23. The van der Waals surface area contributed by atoms with Crippen LogP contribution in [0.2, 0.25) is 15.1 Å². The number of hydrogen-bond donors (Lipinski definition) is 0. The first-order chi connectivity index (χ1) is 17.1. The van der Waals surface area contributed by atoms with Gasteiger partial charge in [-0.2, -0.15) is 13.2 Å². The molecule has 37 heavy (non-hydrogen) atoms. The lowest BCUT2D eigenvalue weighted by Gasteiger charge is -2.47. The van der Waals surface area contributed by atoms with Crippen LogP contribution in [0.15, 0.2) is 29.6 Å². The number of fused-ring (bicyclic) bond motifs is 2. The second kappa shape index (κ2) is 8.70. The molecule has 5 rings (SSSR count). The molecule has 0 N–H and O–H groups in total. The number of alkyl halides is 3. The summed E-state index contributed by atoms with van der Waals surface area (Å²) < 4.78 is 71.6. The lowest BCUT2D eigenvalue weighted by molar-refractivity contribution is -0.275. The van der Waals surface area contributed by atoms with Gasteiger partial charge in [0.15, 0.2) is 9.84 Å². The van der Waals surface area contributed by atoms with Crippen LogP contribution < -0.4 is 0 Å². The highest BCUT2D eigenvalue weighted by Gasteiger charge is 2.63. The van der Waals surface area contributed by atoms with Crippen LogP contribution in [0.4, 0.5) is 13.2 Å². The SMILES string of the molecule is CS(=O)(=O)CC(=O)N1CC2(C1)OCc1cc(C3=NOC(c4cc(Cl)c(Cl)c(Cl)c4)(C(F)(F)F)C3)ncc12. The second-order valence-electron chi connectivity index (χ2n) is 9.21. The molecule has 3 aliphatic heterocycles. The molecule has 0 saturated carbocycles. The Balaban J connectivity index is 1.38. The van der Waals surface area contributed by atoms with Gasteiger partial charge in [-0.15, -0.1) is 0 Å². The zero-order chi connectivity index (χ0) is 27.0. The zero-order valence-corrected chi connectivity index (χ0v) is 22.0. The van der Waals surface area contributed by atoms with E-state index in [9.17, 15) is 26.4 Å². The third-order valence-corrected chi connectivity index (χ3v) is 8.52. The van der Waals surface area contributed by atoms with Gasteiger partial charge in [-0.3, -0.25) is 9.78 Å². The number of carbonyl (C=O) groups excluding carboxylic acids is 1. The molecule has 2 aromatic rings. The molecular formula is C22H17Cl3F3N3O5S. The molecule has 4 heterocycles. The van der Waals surface area contributed by atoms with Gasteiger partial charge < -0.3 is 14.5 Å². The highest BCUT2D eigenvalue weighted by atomic mass is 35.5. The Morgan fingerprint density at radius 3 is 2.41 bits per heavy atom. The van der Waals surface area contributed by atoms with E-state index in [0.29, 0.717) is 11.1 Å². The van der Waals surface area contributed by atoms with Gasteiger partial charge in [-0.25, -0.2) is 8.42 Å². The van der Waals surface area contributed by atoms with Crippen LogP contribution in [0, 0.1) is 0 Å². The molecule has 8 nitrogen and oxygen atoms in total. The van der Waals surface area contributed by atoms with Crippen molar-refractivity contribution in [1.29, 1.82) is 0 Å². The number of pyridine rings is 1. The van der Waals surface area contributed by atoms with E-state index in [1.54, 1.807) is 6.07 Å². The minimum absolute atomic E-state index is 0.0400. The highest BCUT2D eigenvalue weighted by Crippen LogP contribution is 2.51. The average Bonchev–Trinajstić information content (AvgIpc) is 3.37. The molecular weight excluding hydrogens is 582 g/mol. The van der Waals surface area contributed by atoms with Crippen LogP contribution >= 0.6 is 34.8 Å². The fourth-order valence-electron chi connectivity index (χ4n) is 4.63. The number of benzene rings is 1. The van der Waals surface area contributed by atoms with E-state index in [0.717, 1.165) is 18.4 Å². The standard InChI is InChI=1S/C22H17Cl3F3N3O5S/c1-37(33,34)8-18(32)31-9-20(10-31)13-6-29-16(2-11(13)7-35-20)17-5-21(36-30-17,22(26,27)28)12-3-14(23)19(25)15(24)4-12/h2-4,6H,5,7-10H2,1H3. The van der Waals surface area contributed by atoms with Gasteiger partial charge in [0, 0.05) is 23.6 Å². The first-order valence-electron chi connectivity index (χ1n) is 10.7. The van der Waals surface area contributed by atoms with Crippen molar-refractivity contribution in [2.75, 3.05) is 25.1 Å². The number of ether oxygens (including phenoxy) is 1. The van der Waals surface area contributed by atoms with Crippen molar-refractivity contribution in [3.8, 4) is 0 Å². The molecule has 1 atom stereocenters. The van der Waals surface area contributed by atoms with Gasteiger partial charge in [0.05, 0.1) is 46.9 Å². The third kappa shape index (κ3) is 4.46. The summed E-state index contributed by atoms with van der Waals surface area (Å²) in [7, 11) is -3.47. The molecule has 1 spiro atoms. The van der Waals surface area contributed by atoms with E-state index in [4.69, 9.17) is 44.4 Å². The molecule has 1 unspecified atom stereocenters. The normalized spacial score (nSPS) is 22.5. The number of carbonyl (C=O) groups is 1. The number of likely N-dealkylation sites (tertiary alicyclic amines) is 1. The average molecular weight is 599 g/mol. The van der Waals surface area contributed by atoms with Crippen molar-refractivity contribution < 1.29 is 36.0 Å². The highest BCUT2D eigenvalue weighted by molar-refractivity contribution is 7.91. The molecule has 1 fully saturated rings. The van der Waals surface area contributed by atoms with Gasteiger partial charge in [0.1, 0.15) is 17.1 Å². The lowest BCUT2D eigenvalue weighted by atomic mass is 9.85. The summed E-state index contributed by atoms with van der Waals surface area (Å²) in [5.74, 6) is -1.13. The number of nitrogens with zero attached hydrogens (tertiary/aromatic N) is 3. The number of rotatable bonds is 4. The fourth-order valence-corrected chi connectivity index (χ4v) is 5.86. The number of aromatic nitrogens is 1. The Morgan fingerprint density at radius 2 is 1.81 bits per heavy atom. The summed E-state index contributed by atoms with van der Waals surface area (Å²) in [5.41, 5.74) is -2.55. The summed E-state index contributed by atoms with van der Waals surface area (Å²) in [5, 5.41) is 3.32. The Bertz CT molecular complexity index is 1440. The molecule has 0 bridgehead atoms. The van der Waals surface area contributed by atoms with E-state index < -0.39 is 45.3 Å². The summed E-state index contributed by atoms with van der Waals surface area (Å²) in [6, 6.07) is 3.66. The van der Waals surface area contributed by atoms with Crippen LogP contribution in [0.25, 0.3) is 0 Å². The molecule has 198 valence electrons. The first-order valence-corrected chi connectivity index (χ1v) is 13.9. The minimum atomic E-state index is -4.88. The molecule has 1 aromatic carbocycles. The number of hydrogen-bond acceptors (Lipinski definition) is 7. The van der Waals surface area contributed by atoms with Crippen molar-refractivity contribution in [3.63, 3.8) is 0 Å². The number of oxime groups is 1. The monoisotopic (exact) mass is 597 g/mol. The summed E-state index contributed by atoms with van der Waals surface area (Å²) >= 11 is 17.9. The summed E-state index contributed by atoms with van der Waals surface area (Å²) in [4.78, 5) is 22.9. The largest absolute Gasteiger partial charge is 0.435 e. The number of amides is 1. The van der Waals surface area contributed by atoms with Gasteiger partial charge in [-0.1, -0.05) is 40.0 Å². The smallest absolute Gasteiger partial charge is 0.374 e. The second-order valence-corrected chi connectivity index (χ2v) is 12.5. The number of halogens is 6. The Morgan fingerprint density at radius 1 is 1.16 bits per heavy atom. The molecule has 1 amide bonds. The summed E-state index contributed by atoms with van der Waals surface area (Å²) in [6.45, 7) is 0.434. The predicted octanol–water partition coefficient (Wildman–Crippen LogP) is 4.24. The van der Waals surface area contributed by atoms with Crippen molar-refractivity contribution in [2.24, 2.45) is 5.16 Å². The molecule has 0 radical (unpaired) electrons. The predicted molar refractivity (Wildman–Crippen MR) is 128 cm³/mol. The lowest BCUT2D eigenvalue weighted by Crippen LogP contribution is -2.62. The van der Waals surface area contributed by atoms with Crippen molar-refractivity contribution >= 4 is 56.3 Å². The van der Waals surface area contributed by atoms with Crippen LogP contribution in [-0.2, 0) is 42.0 Å². The van der Waals surface area contributed by atoms with Gasteiger partial charge in [0.2, 0.25) is 5.91 Å². The van der Waals surface area contributed by atoms with E-state index in [1.807, 2.05) is 0 Å². The maximum Gasteiger partial charge on any atom is 0.435 e. The fraction of sp³-hybridized carbons (Fsp3) is 0.409. The van der Waals surface area contributed by atoms with Crippen molar-refractivity contribution in [1.82, 2.24) is 9.88 Å². The minimum Gasteiger partial charge on any atom is -0.374 e. The van der Waals surface area contributed by atoms with Crippen LogP contribution in [0.5, 0.6) is 0 Å². The Hall–Kier alpha value is -2.12. The maximum atomic E-state index is 14.3. The quantitative estimate of drug-likeness (QED) is 0.489. The summed E-state index contributed by atoms with van der Waals surface area (Å²) in [6.07, 6.45) is -3.11. The molecule has 1 saturated heterocycles. The number of sulfone groups is 1. The van der Waals surface area contributed by atoms with E-state index >= 15 is 0 Å². The maximum absolute atomic E-state index is 14.3. The topological polar surface area (TPSA) is 98.2 Å². The van der Waals surface area contributed by atoms with Crippen LogP contribution in [-0.4, -0.2) is 61.2 Å². The first kappa shape index (κ1) is 26.5. The van der Waals surface area contributed by atoms with Crippen molar-refractivity contribution in [2.45, 2.75) is 30.4 Å². The van der Waals surface area contributed by atoms with E-state index in [2.05, 4.69) is 10.1 Å². The Labute approximate surface area is 224 Å². The van der Waals surface area contributed by atoms with Crippen molar-refractivity contribution in [3.05, 3.63) is 61.8 Å². The molecule has 0 aliphatic carbocycles. The van der Waals surface area contributed by atoms with Crippen LogP contribution in [0.1, 0.15) is 28.8 Å². The van der Waals surface area contributed by atoms with E-state index in [1.165, 1.54) is 11.1 Å². The molecule has 1 aromatic heterocycles. The van der Waals surface area contributed by atoms with E-state index in [-0.39, 0.29) is 51.7 Å². The zero-order valence-electron chi connectivity index (χ0n) is 18.9. The van der Waals surface area contributed by atoms with Crippen LogP contribution in [0.3, 0.4) is 0 Å². The van der Waals surface area contributed by atoms with Gasteiger partial charge in [0.25, 0.3) is 5.60 Å².